The number of halogens is 9. The van der Waals surface area contributed by atoms with Crippen LogP contribution in [0.5, 0.6) is 0 Å². The van der Waals surface area contributed by atoms with Gasteiger partial charge in [0, 0.05) is 55.4 Å². The molecular weight excluding hydrogens is 2080 g/mol. The van der Waals surface area contributed by atoms with Gasteiger partial charge in [-0.05, 0) is 203 Å². The van der Waals surface area contributed by atoms with Gasteiger partial charge in [0.15, 0.2) is 0 Å². The second-order valence-electron chi connectivity index (χ2n) is 16.8. The lowest BCUT2D eigenvalue weighted by molar-refractivity contribution is -0.119. The van der Waals surface area contributed by atoms with E-state index in [4.69, 9.17) is 0 Å². The van der Waals surface area contributed by atoms with Gasteiger partial charge < -0.3 is 93.8 Å². The number of aliphatic hydroxyl groups is 9. The third-order valence-electron chi connectivity index (χ3n) is 10.7. The predicted octanol–water partition coefficient (Wildman–Crippen LogP) is -0.234. The van der Waals surface area contributed by atoms with E-state index in [0.717, 1.165) is 0 Å². The number of hydrogen-bond donors (Lipinski definition) is 18. The average Bonchev–Trinajstić information content (AvgIpc) is 3.42. The molecule has 0 aliphatic rings. The van der Waals surface area contributed by atoms with Gasteiger partial charge in [0.05, 0.1) is 110 Å². The maximum absolute atomic E-state index is 14.6. The lowest BCUT2D eigenvalue weighted by Gasteiger charge is -2.31. The summed E-state index contributed by atoms with van der Waals surface area (Å²) in [6.45, 7) is -6.05. The maximum atomic E-state index is 14.6. The molecule has 0 bridgehead atoms. The van der Waals surface area contributed by atoms with Crippen LogP contribution in [0.4, 0.5) is 17.1 Å². The molecule has 0 fully saturated rings. The van der Waals surface area contributed by atoms with Crippen LogP contribution in [-0.2, 0) is 14.4 Å². The molecule has 3 atom stereocenters. The van der Waals surface area contributed by atoms with E-state index >= 15 is 0 Å². The number of nitrogens with one attached hydrogen (secondary N) is 9. The Morgan fingerprint density at radius 1 is 0.350 bits per heavy atom. The van der Waals surface area contributed by atoms with Crippen LogP contribution >= 0.6 is 203 Å². The van der Waals surface area contributed by atoms with Crippen LogP contribution in [0.3, 0.4) is 0 Å². The fourth-order valence-corrected chi connectivity index (χ4v) is 19.7. The van der Waals surface area contributed by atoms with Crippen LogP contribution in [0.25, 0.3) is 0 Å². The molecule has 3 aromatic rings. The molecule has 0 saturated carbocycles. The highest BCUT2D eigenvalue weighted by atomic mass is 127. The minimum absolute atomic E-state index is 0.0468. The molecule has 3 aromatic carbocycles. The van der Waals surface area contributed by atoms with Crippen LogP contribution < -0.4 is 47.9 Å². The third kappa shape index (κ3) is 19.3. The predicted molar refractivity (Wildman–Crippen MR) is 362 cm³/mol. The van der Waals surface area contributed by atoms with E-state index in [1.165, 1.54) is 6.92 Å². The first kappa shape index (κ1) is 73.4. The van der Waals surface area contributed by atoms with Crippen LogP contribution in [0.2, 0.25) is 0 Å². The van der Waals surface area contributed by atoms with Crippen molar-refractivity contribution in [3.05, 3.63) is 65.5 Å². The summed E-state index contributed by atoms with van der Waals surface area (Å²) in [6.07, 6.45) is -4.07. The van der Waals surface area contributed by atoms with E-state index in [1.807, 2.05) is 0 Å². The Labute approximate surface area is 577 Å². The summed E-state index contributed by atoms with van der Waals surface area (Å²) in [5, 5.41) is 110. The zero-order chi connectivity index (χ0) is 60.7. The number of amides is 9. The second-order valence-corrected chi connectivity index (χ2v) is 26.5. The molecule has 3 rings (SSSR count). The van der Waals surface area contributed by atoms with Gasteiger partial charge in [-0.2, -0.15) is 0 Å². The molecule has 36 heteroatoms. The molecule has 0 aliphatic carbocycles. The van der Waals surface area contributed by atoms with Crippen molar-refractivity contribution in [2.24, 2.45) is 5.41 Å². The van der Waals surface area contributed by atoms with Gasteiger partial charge in [0.25, 0.3) is 35.4 Å². The van der Waals surface area contributed by atoms with E-state index in [1.54, 1.807) is 203 Å². The van der Waals surface area contributed by atoms with Crippen LogP contribution in [0.15, 0.2) is 0 Å². The normalized spacial score (nSPS) is 12.9. The van der Waals surface area contributed by atoms with Crippen molar-refractivity contribution in [3.63, 3.8) is 0 Å². The molecule has 0 heterocycles. The quantitative estimate of drug-likeness (QED) is 0.0438. The number of rotatable bonds is 27. The van der Waals surface area contributed by atoms with Gasteiger partial charge in [0.1, 0.15) is 19.8 Å². The summed E-state index contributed by atoms with van der Waals surface area (Å²) in [4.78, 5) is 123. The Bertz CT molecular complexity index is 2620. The highest BCUT2D eigenvalue weighted by molar-refractivity contribution is 14.1. The Morgan fingerprint density at radius 3 is 0.713 bits per heavy atom. The van der Waals surface area contributed by atoms with Crippen molar-refractivity contribution in [2.75, 3.05) is 94.9 Å². The molecule has 0 spiro atoms. The molecule has 80 heavy (non-hydrogen) atoms. The van der Waals surface area contributed by atoms with Gasteiger partial charge >= 0.3 is 0 Å². The Balaban J connectivity index is 2.30. The zero-order valence-corrected chi connectivity index (χ0v) is 60.2. The molecular formula is C44H48I9N9O18. The lowest BCUT2D eigenvalue weighted by Crippen LogP contribution is -2.50. The van der Waals surface area contributed by atoms with Crippen molar-refractivity contribution < 1.29 is 89.1 Å². The molecule has 27 nitrogen and oxygen atoms in total. The molecule has 18 N–H and O–H groups in total. The smallest absolute Gasteiger partial charge is 0.253 e. The summed E-state index contributed by atoms with van der Waals surface area (Å²) < 4.78 is 0.826. The first-order valence-corrected chi connectivity index (χ1v) is 32.1. The molecule has 0 aliphatic heterocycles. The van der Waals surface area contributed by atoms with Gasteiger partial charge in [-0.25, -0.2) is 0 Å². The lowest BCUT2D eigenvalue weighted by atomic mass is 9.89. The standard InChI is InChI=1S/C44H48I9N9O18/c1-44(11-57-41(78)23-26(45)20(38(75)54-2-14(69)5-63)29(48)35(32(23)51)60-17(72)8-66,12-58-42(79)24-27(46)21(39(76)55-3-15(70)6-64)30(49)36(33(24)52)61-18(73)9-67)13-59-43(80)25-28(47)22(40(77)56-4-16(71)7-65)31(50)37(34(25)53)62-19(74)10-68/h14-16,63-71H,2-13H2,1H3,(H,54,75)(H,55,76)(H,56,77)(H,57,78)(H,58,79)(H,59,80)(H,60,72)(H,61,73)(H,62,74). The molecule has 9 amide bonds. The van der Waals surface area contributed by atoms with Crippen molar-refractivity contribution in [1.82, 2.24) is 31.9 Å². The zero-order valence-electron chi connectivity index (χ0n) is 40.8. The third-order valence-corrected chi connectivity index (χ3v) is 20.4. The second kappa shape index (κ2) is 34.4. The minimum atomic E-state index is -1.49. The van der Waals surface area contributed by atoms with E-state index in [-0.39, 0.29) is 82.6 Å². The number of carbonyl (C=O) groups excluding carboxylic acids is 9. The van der Waals surface area contributed by atoms with E-state index in [9.17, 15) is 89.1 Å². The van der Waals surface area contributed by atoms with Crippen molar-refractivity contribution in [2.45, 2.75) is 25.2 Å². The first-order valence-electron chi connectivity index (χ1n) is 22.4. The fourth-order valence-electron chi connectivity index (χ4n) is 6.48. The number of hydrogen-bond acceptors (Lipinski definition) is 18. The summed E-state index contributed by atoms with van der Waals surface area (Å²) in [7, 11) is 0. The summed E-state index contributed by atoms with van der Waals surface area (Å²) in [5.41, 5.74) is -2.55. The van der Waals surface area contributed by atoms with Crippen molar-refractivity contribution >= 4 is 274 Å². The highest BCUT2D eigenvalue weighted by Gasteiger charge is 2.36. The van der Waals surface area contributed by atoms with E-state index in [0.29, 0.717) is 0 Å². The monoisotopic (exact) mass is 2130 g/mol. The number of anilines is 3. The first-order chi connectivity index (χ1) is 37.5. The largest absolute Gasteiger partial charge is 0.394 e. The summed E-state index contributed by atoms with van der Waals surface area (Å²) >= 11 is 15.8. The molecule has 0 aromatic heterocycles. The average molecular weight is 2130 g/mol. The van der Waals surface area contributed by atoms with Crippen LogP contribution in [0, 0.1) is 37.5 Å². The molecule has 3 unspecified atom stereocenters. The number of benzene rings is 3. The number of carbonyl (C=O) groups is 9. The van der Waals surface area contributed by atoms with Crippen molar-refractivity contribution in [3.8, 4) is 0 Å². The SMILES string of the molecule is CC(CNC(=O)c1c(I)c(NC(=O)CO)c(I)c(C(=O)NCC(O)CO)c1I)(CNC(=O)c1c(I)c(NC(=O)CO)c(I)c(C(=O)NCC(O)CO)c1I)CNC(=O)c1c(I)c(NC(=O)CO)c(I)c(C(=O)NCC(O)CO)c1I. The number of aliphatic hydroxyl groups excluding tert-OH is 9. The van der Waals surface area contributed by atoms with Gasteiger partial charge in [-0.3, -0.25) is 43.2 Å². The fraction of sp³-hybridized carbons (Fsp3) is 0.386. The van der Waals surface area contributed by atoms with E-state index in [2.05, 4.69) is 47.9 Å². The Morgan fingerprint density at radius 2 is 0.537 bits per heavy atom. The molecule has 440 valence electrons. The Hall–Kier alpha value is -0.900. The molecule has 0 radical (unpaired) electrons. The van der Waals surface area contributed by atoms with E-state index < -0.39 is 156 Å². The van der Waals surface area contributed by atoms with Gasteiger partial charge in [-0.1, -0.05) is 6.92 Å². The maximum Gasteiger partial charge on any atom is 0.253 e. The topological polar surface area (TPSA) is 444 Å². The Kier molecular flexibility index (Phi) is 31.6. The van der Waals surface area contributed by atoms with Gasteiger partial charge in [0.2, 0.25) is 17.7 Å². The minimum Gasteiger partial charge on any atom is -0.394 e. The van der Waals surface area contributed by atoms with Crippen LogP contribution in [0.1, 0.15) is 69.1 Å². The summed E-state index contributed by atoms with van der Waals surface area (Å²) in [6, 6.07) is 0. The van der Waals surface area contributed by atoms with Gasteiger partial charge in [-0.15, -0.1) is 0 Å². The highest BCUT2D eigenvalue weighted by Crippen LogP contribution is 2.39. The van der Waals surface area contributed by atoms with Crippen molar-refractivity contribution in [1.29, 1.82) is 0 Å². The van der Waals surface area contributed by atoms with Crippen LogP contribution in [-0.4, -0.2) is 196 Å². The summed E-state index contributed by atoms with van der Waals surface area (Å²) in [5.74, 6) is -7.80. The molecule has 0 saturated heterocycles.